The highest BCUT2D eigenvalue weighted by molar-refractivity contribution is 7.88. The first kappa shape index (κ1) is 18.7. The summed E-state index contributed by atoms with van der Waals surface area (Å²) in [5.41, 5.74) is 0.828. The summed E-state index contributed by atoms with van der Waals surface area (Å²) in [6.45, 7) is 0.113. The number of aliphatic hydroxyl groups excluding tert-OH is 2. The Labute approximate surface area is 140 Å². The van der Waals surface area contributed by atoms with Crippen LogP contribution in [-0.2, 0) is 26.1 Å². The molecule has 10 heteroatoms. The number of amides is 1. The fourth-order valence-electron chi connectivity index (χ4n) is 2.35. The number of nitrogens with zero attached hydrogens (tertiary/aromatic N) is 1. The average molecular weight is 359 g/mol. The number of sulfonamides is 1. The minimum Gasteiger partial charge on any atom is -0.388 e. The Kier molecular flexibility index (Phi) is 6.24. The topological polar surface area (TPSA) is 138 Å². The van der Waals surface area contributed by atoms with Crippen LogP contribution in [0.1, 0.15) is 12.0 Å². The van der Waals surface area contributed by atoms with Gasteiger partial charge in [0.2, 0.25) is 15.9 Å². The molecular formula is C14H21N3O6S. The van der Waals surface area contributed by atoms with E-state index in [-0.39, 0.29) is 25.4 Å². The first-order valence-corrected chi connectivity index (χ1v) is 9.27. The number of nitrogens with one attached hydrogen (secondary N) is 2. The molecule has 4 atom stereocenters. The molecule has 0 spiro atoms. The number of aliphatic hydroxyl groups is 2. The van der Waals surface area contributed by atoms with E-state index in [4.69, 9.17) is 4.74 Å². The summed E-state index contributed by atoms with van der Waals surface area (Å²) in [6.07, 6.45) is -0.262. The summed E-state index contributed by atoms with van der Waals surface area (Å²) in [6, 6.07) is 3.56. The molecule has 1 saturated heterocycles. The van der Waals surface area contributed by atoms with Crippen LogP contribution >= 0.6 is 0 Å². The van der Waals surface area contributed by atoms with Crippen molar-refractivity contribution in [3.05, 3.63) is 30.1 Å². The monoisotopic (exact) mass is 359 g/mol. The smallest absolute Gasteiger partial charge is 0.222 e. The number of hydrogen-bond acceptors (Lipinski definition) is 7. The molecule has 0 bridgehead atoms. The molecule has 2 rings (SSSR count). The zero-order chi connectivity index (χ0) is 17.7. The van der Waals surface area contributed by atoms with Gasteiger partial charge in [0, 0.05) is 25.5 Å². The van der Waals surface area contributed by atoms with Crippen molar-refractivity contribution in [2.75, 3.05) is 12.8 Å². The van der Waals surface area contributed by atoms with E-state index in [2.05, 4.69) is 15.0 Å². The second kappa shape index (κ2) is 7.99. The summed E-state index contributed by atoms with van der Waals surface area (Å²) < 4.78 is 29.8. The molecule has 134 valence electrons. The normalized spacial score (nSPS) is 27.1. The standard InChI is InChI=1S/C14H21N3O6S/c1-24(21,22)17-8-11-14(20)13(19)10(23-11)5-12(18)16-7-9-3-2-4-15-6-9/h2-4,6,10-11,13-14,17,19-20H,5,7-8H2,1H3,(H,16,18). The quantitative estimate of drug-likeness (QED) is 0.447. The number of pyridine rings is 1. The van der Waals surface area contributed by atoms with Crippen LogP contribution in [0.2, 0.25) is 0 Å². The molecule has 9 nitrogen and oxygen atoms in total. The molecule has 1 aliphatic heterocycles. The van der Waals surface area contributed by atoms with Gasteiger partial charge in [0.25, 0.3) is 0 Å². The lowest BCUT2D eigenvalue weighted by atomic mass is 10.1. The summed E-state index contributed by atoms with van der Waals surface area (Å²) in [4.78, 5) is 15.9. The second-order valence-electron chi connectivity index (χ2n) is 5.66. The van der Waals surface area contributed by atoms with Gasteiger partial charge in [0.1, 0.15) is 18.3 Å². The fraction of sp³-hybridized carbons (Fsp3) is 0.571. The maximum absolute atomic E-state index is 11.9. The molecule has 2 heterocycles. The third-order valence-corrected chi connectivity index (χ3v) is 4.30. The summed E-state index contributed by atoms with van der Waals surface area (Å²) >= 11 is 0. The number of carbonyl (C=O) groups excluding carboxylic acids is 1. The third-order valence-electron chi connectivity index (χ3n) is 3.61. The molecule has 4 N–H and O–H groups in total. The molecule has 1 aromatic heterocycles. The van der Waals surface area contributed by atoms with Crippen molar-refractivity contribution in [1.82, 2.24) is 15.0 Å². The highest BCUT2D eigenvalue weighted by Gasteiger charge is 2.43. The number of rotatable bonds is 7. The largest absolute Gasteiger partial charge is 0.388 e. The van der Waals surface area contributed by atoms with Gasteiger partial charge in [0.05, 0.1) is 18.8 Å². The highest BCUT2D eigenvalue weighted by atomic mass is 32.2. The molecule has 0 aromatic carbocycles. The van der Waals surface area contributed by atoms with Gasteiger partial charge in [-0.1, -0.05) is 6.07 Å². The summed E-state index contributed by atoms with van der Waals surface area (Å²) in [7, 11) is -3.44. The maximum atomic E-state index is 11.9. The van der Waals surface area contributed by atoms with Gasteiger partial charge in [-0.05, 0) is 11.6 Å². The van der Waals surface area contributed by atoms with Crippen LogP contribution in [0, 0.1) is 0 Å². The van der Waals surface area contributed by atoms with E-state index >= 15 is 0 Å². The predicted molar refractivity (Wildman–Crippen MR) is 84.2 cm³/mol. The van der Waals surface area contributed by atoms with Gasteiger partial charge in [-0.2, -0.15) is 0 Å². The Balaban J connectivity index is 1.82. The van der Waals surface area contributed by atoms with E-state index < -0.39 is 34.4 Å². The van der Waals surface area contributed by atoms with Crippen LogP contribution in [0.4, 0.5) is 0 Å². The fourth-order valence-corrected chi connectivity index (χ4v) is 2.82. The summed E-state index contributed by atoms with van der Waals surface area (Å²) in [5.74, 6) is -0.355. The van der Waals surface area contributed by atoms with Crippen molar-refractivity contribution >= 4 is 15.9 Å². The minimum atomic E-state index is -3.44. The van der Waals surface area contributed by atoms with Gasteiger partial charge >= 0.3 is 0 Å². The van der Waals surface area contributed by atoms with Crippen LogP contribution < -0.4 is 10.0 Å². The lowest BCUT2D eigenvalue weighted by Gasteiger charge is -2.14. The number of ether oxygens (including phenoxy) is 1. The van der Waals surface area contributed by atoms with Crippen LogP contribution in [-0.4, -0.2) is 66.7 Å². The Morgan fingerprint density at radius 2 is 2.04 bits per heavy atom. The van der Waals surface area contributed by atoms with Gasteiger partial charge in [-0.15, -0.1) is 0 Å². The minimum absolute atomic E-state index is 0.145. The van der Waals surface area contributed by atoms with E-state index in [1.54, 1.807) is 18.5 Å². The zero-order valence-corrected chi connectivity index (χ0v) is 13.9. The van der Waals surface area contributed by atoms with Crippen LogP contribution in [0.3, 0.4) is 0 Å². The summed E-state index contributed by atoms with van der Waals surface area (Å²) in [5, 5.41) is 22.5. The van der Waals surface area contributed by atoms with Crippen molar-refractivity contribution in [2.45, 2.75) is 37.4 Å². The molecule has 4 unspecified atom stereocenters. The van der Waals surface area contributed by atoms with E-state index in [0.717, 1.165) is 11.8 Å². The van der Waals surface area contributed by atoms with E-state index in [1.807, 2.05) is 6.07 Å². The third kappa shape index (κ3) is 5.49. The number of aromatic nitrogens is 1. The molecular weight excluding hydrogens is 338 g/mol. The Hall–Kier alpha value is -1.59. The predicted octanol–water partition coefficient (Wildman–Crippen LogP) is -1.87. The van der Waals surface area contributed by atoms with Crippen LogP contribution in [0.5, 0.6) is 0 Å². The number of hydrogen-bond donors (Lipinski definition) is 4. The van der Waals surface area contributed by atoms with Gasteiger partial charge < -0.3 is 20.3 Å². The zero-order valence-electron chi connectivity index (χ0n) is 13.1. The first-order chi connectivity index (χ1) is 11.3. The van der Waals surface area contributed by atoms with E-state index in [1.165, 1.54) is 0 Å². The van der Waals surface area contributed by atoms with Gasteiger partial charge in [-0.3, -0.25) is 9.78 Å². The molecule has 0 radical (unpaired) electrons. The maximum Gasteiger partial charge on any atom is 0.222 e. The van der Waals surface area contributed by atoms with Crippen molar-refractivity contribution in [1.29, 1.82) is 0 Å². The lowest BCUT2D eigenvalue weighted by Crippen LogP contribution is -2.39. The Bertz CT molecular complexity index is 654. The van der Waals surface area contributed by atoms with Crippen LogP contribution in [0.25, 0.3) is 0 Å². The molecule has 0 saturated carbocycles. The average Bonchev–Trinajstić information content (AvgIpc) is 2.79. The molecule has 0 aliphatic carbocycles. The van der Waals surface area contributed by atoms with Crippen molar-refractivity contribution in [3.8, 4) is 0 Å². The van der Waals surface area contributed by atoms with Crippen molar-refractivity contribution < 1.29 is 28.2 Å². The molecule has 1 amide bonds. The van der Waals surface area contributed by atoms with Crippen molar-refractivity contribution in [2.24, 2.45) is 0 Å². The lowest BCUT2D eigenvalue weighted by molar-refractivity contribution is -0.125. The molecule has 1 aliphatic rings. The molecule has 24 heavy (non-hydrogen) atoms. The van der Waals surface area contributed by atoms with Gasteiger partial charge in [0.15, 0.2) is 0 Å². The Morgan fingerprint density at radius 3 is 2.67 bits per heavy atom. The first-order valence-electron chi connectivity index (χ1n) is 7.38. The number of carbonyl (C=O) groups is 1. The highest BCUT2D eigenvalue weighted by Crippen LogP contribution is 2.23. The van der Waals surface area contributed by atoms with Crippen LogP contribution in [0.15, 0.2) is 24.5 Å². The van der Waals surface area contributed by atoms with Gasteiger partial charge in [-0.25, -0.2) is 13.1 Å². The van der Waals surface area contributed by atoms with E-state index in [9.17, 15) is 23.4 Å². The van der Waals surface area contributed by atoms with Crippen molar-refractivity contribution in [3.63, 3.8) is 0 Å². The van der Waals surface area contributed by atoms with E-state index in [0.29, 0.717) is 0 Å². The molecule has 1 aromatic rings. The Morgan fingerprint density at radius 1 is 1.33 bits per heavy atom. The molecule has 1 fully saturated rings. The second-order valence-corrected chi connectivity index (χ2v) is 7.49. The SMILES string of the molecule is CS(=O)(=O)NCC1OC(CC(=O)NCc2cccnc2)C(O)C1O.